The molecule has 0 spiro atoms. The molecular formula is C16H14ClN5O. The lowest BCUT2D eigenvalue weighted by molar-refractivity contribution is 0.0950. The van der Waals surface area contributed by atoms with Crippen molar-refractivity contribution in [2.24, 2.45) is 0 Å². The van der Waals surface area contributed by atoms with Crippen LogP contribution in [0.4, 0.5) is 0 Å². The van der Waals surface area contributed by atoms with Gasteiger partial charge in [-0.1, -0.05) is 35.9 Å². The average molecular weight is 328 g/mol. The second kappa shape index (κ2) is 6.58. The van der Waals surface area contributed by atoms with E-state index in [0.717, 1.165) is 5.56 Å². The third-order valence-electron chi connectivity index (χ3n) is 3.34. The van der Waals surface area contributed by atoms with Crippen LogP contribution in [0.3, 0.4) is 0 Å². The maximum absolute atomic E-state index is 12.5. The molecule has 6 nitrogen and oxygen atoms in total. The predicted molar refractivity (Wildman–Crippen MR) is 86.5 cm³/mol. The van der Waals surface area contributed by atoms with Gasteiger partial charge in [0.1, 0.15) is 0 Å². The third-order valence-corrected chi connectivity index (χ3v) is 3.58. The highest BCUT2D eigenvalue weighted by molar-refractivity contribution is 6.30. The van der Waals surface area contributed by atoms with Crippen molar-refractivity contribution in [2.45, 2.75) is 13.5 Å². The third kappa shape index (κ3) is 3.37. The second-order valence-corrected chi connectivity index (χ2v) is 5.40. The number of rotatable bonds is 4. The van der Waals surface area contributed by atoms with E-state index in [9.17, 15) is 4.79 Å². The summed E-state index contributed by atoms with van der Waals surface area (Å²) in [6, 6.07) is 14.6. The Labute approximate surface area is 138 Å². The Morgan fingerprint density at radius 1 is 1.22 bits per heavy atom. The van der Waals surface area contributed by atoms with Crippen molar-refractivity contribution in [1.29, 1.82) is 0 Å². The molecule has 1 heterocycles. The minimum atomic E-state index is -0.199. The summed E-state index contributed by atoms with van der Waals surface area (Å²) < 4.78 is 1.54. The van der Waals surface area contributed by atoms with Crippen LogP contribution in [0, 0.1) is 6.92 Å². The fraction of sp³-hybridized carbons (Fsp3) is 0.125. The Kier molecular flexibility index (Phi) is 4.34. The summed E-state index contributed by atoms with van der Waals surface area (Å²) in [5.41, 5.74) is 2.07. The fourth-order valence-electron chi connectivity index (χ4n) is 2.23. The van der Waals surface area contributed by atoms with Crippen LogP contribution < -0.4 is 5.32 Å². The number of tetrazole rings is 1. The average Bonchev–Trinajstić information content (AvgIpc) is 2.98. The predicted octanol–water partition coefficient (Wildman–Crippen LogP) is 2.55. The summed E-state index contributed by atoms with van der Waals surface area (Å²) in [5, 5.41) is 14.9. The normalized spacial score (nSPS) is 10.5. The lowest BCUT2D eigenvalue weighted by atomic mass is 10.1. The van der Waals surface area contributed by atoms with Crippen LogP contribution in [0.5, 0.6) is 0 Å². The van der Waals surface area contributed by atoms with Gasteiger partial charge >= 0.3 is 0 Å². The van der Waals surface area contributed by atoms with E-state index in [1.165, 1.54) is 4.68 Å². The minimum Gasteiger partial charge on any atom is -0.348 e. The number of aromatic nitrogens is 4. The van der Waals surface area contributed by atoms with E-state index >= 15 is 0 Å². The molecule has 0 atom stereocenters. The first-order chi connectivity index (χ1) is 11.1. The lowest BCUT2D eigenvalue weighted by Gasteiger charge is -2.10. The number of nitrogens with zero attached hydrogens (tertiary/aromatic N) is 4. The molecule has 0 bridgehead atoms. The molecule has 2 aromatic carbocycles. The lowest BCUT2D eigenvalue weighted by Crippen LogP contribution is -2.24. The molecular weight excluding hydrogens is 314 g/mol. The first kappa shape index (κ1) is 15.2. The van der Waals surface area contributed by atoms with E-state index in [1.54, 1.807) is 31.2 Å². The Bertz CT molecular complexity index is 846. The highest BCUT2D eigenvalue weighted by Gasteiger charge is 2.14. The first-order valence-corrected chi connectivity index (χ1v) is 7.40. The van der Waals surface area contributed by atoms with Gasteiger partial charge in [0.25, 0.3) is 5.91 Å². The Morgan fingerprint density at radius 3 is 2.78 bits per heavy atom. The molecule has 0 aliphatic heterocycles. The zero-order valence-corrected chi connectivity index (χ0v) is 13.2. The molecule has 3 aromatic rings. The molecule has 0 aliphatic rings. The van der Waals surface area contributed by atoms with E-state index in [4.69, 9.17) is 11.6 Å². The Balaban J connectivity index is 1.82. The summed E-state index contributed by atoms with van der Waals surface area (Å²) in [6.45, 7) is 2.17. The van der Waals surface area contributed by atoms with Gasteiger partial charge in [-0.25, -0.2) is 0 Å². The molecule has 1 N–H and O–H groups in total. The van der Waals surface area contributed by atoms with Crippen LogP contribution in [0.1, 0.15) is 21.7 Å². The van der Waals surface area contributed by atoms with Crippen molar-refractivity contribution < 1.29 is 4.79 Å². The van der Waals surface area contributed by atoms with Crippen LogP contribution in [0.25, 0.3) is 5.69 Å². The molecule has 0 unspecified atom stereocenters. The van der Waals surface area contributed by atoms with Crippen molar-refractivity contribution >= 4 is 17.5 Å². The maximum Gasteiger partial charge on any atom is 0.253 e. The van der Waals surface area contributed by atoms with Crippen LogP contribution in [0.15, 0.2) is 48.5 Å². The molecule has 0 fully saturated rings. The van der Waals surface area contributed by atoms with Gasteiger partial charge in [0.2, 0.25) is 0 Å². The van der Waals surface area contributed by atoms with Gasteiger partial charge in [0, 0.05) is 11.6 Å². The zero-order chi connectivity index (χ0) is 16.2. The number of aryl methyl sites for hydroxylation is 1. The number of nitrogens with one attached hydrogen (secondary N) is 1. The van der Waals surface area contributed by atoms with Gasteiger partial charge in [-0.05, 0) is 47.2 Å². The molecule has 23 heavy (non-hydrogen) atoms. The first-order valence-electron chi connectivity index (χ1n) is 7.02. The molecule has 116 valence electrons. The van der Waals surface area contributed by atoms with E-state index in [0.29, 0.717) is 28.6 Å². The molecule has 0 radical (unpaired) electrons. The van der Waals surface area contributed by atoms with Crippen LogP contribution >= 0.6 is 11.6 Å². The maximum atomic E-state index is 12.5. The van der Waals surface area contributed by atoms with Crippen molar-refractivity contribution in [3.05, 3.63) is 70.5 Å². The molecule has 1 amide bonds. The summed E-state index contributed by atoms with van der Waals surface area (Å²) in [4.78, 5) is 12.5. The Morgan fingerprint density at radius 2 is 2.04 bits per heavy atom. The summed E-state index contributed by atoms with van der Waals surface area (Å²) in [7, 11) is 0. The SMILES string of the molecule is Cc1nnnn1-c1ccccc1C(=O)NCc1cccc(Cl)c1. The van der Waals surface area contributed by atoms with Gasteiger partial charge in [0.15, 0.2) is 5.82 Å². The number of carbonyl (C=O) groups is 1. The molecule has 1 aromatic heterocycles. The molecule has 3 rings (SSSR count). The van der Waals surface area contributed by atoms with Gasteiger partial charge in [-0.15, -0.1) is 5.10 Å². The van der Waals surface area contributed by atoms with E-state index in [-0.39, 0.29) is 5.91 Å². The minimum absolute atomic E-state index is 0.199. The van der Waals surface area contributed by atoms with E-state index < -0.39 is 0 Å². The molecule has 0 saturated heterocycles. The zero-order valence-electron chi connectivity index (χ0n) is 12.4. The van der Waals surface area contributed by atoms with Gasteiger partial charge in [-0.2, -0.15) is 4.68 Å². The largest absolute Gasteiger partial charge is 0.348 e. The number of amides is 1. The van der Waals surface area contributed by atoms with Crippen molar-refractivity contribution in [2.75, 3.05) is 0 Å². The Hall–Kier alpha value is -2.73. The number of hydrogen-bond acceptors (Lipinski definition) is 4. The summed E-state index contributed by atoms with van der Waals surface area (Å²) >= 11 is 5.95. The van der Waals surface area contributed by atoms with Gasteiger partial charge < -0.3 is 5.32 Å². The highest BCUT2D eigenvalue weighted by Crippen LogP contribution is 2.15. The van der Waals surface area contributed by atoms with Crippen molar-refractivity contribution in [3.63, 3.8) is 0 Å². The fourth-order valence-corrected chi connectivity index (χ4v) is 2.44. The van der Waals surface area contributed by atoms with Crippen LogP contribution in [0.2, 0.25) is 5.02 Å². The van der Waals surface area contributed by atoms with Crippen molar-refractivity contribution in [1.82, 2.24) is 25.5 Å². The quantitative estimate of drug-likeness (QED) is 0.799. The monoisotopic (exact) mass is 327 g/mol. The number of carbonyl (C=O) groups excluding carboxylic acids is 1. The number of halogens is 1. The second-order valence-electron chi connectivity index (χ2n) is 4.97. The summed E-state index contributed by atoms with van der Waals surface area (Å²) in [5.74, 6) is 0.413. The smallest absolute Gasteiger partial charge is 0.253 e. The van der Waals surface area contributed by atoms with Crippen molar-refractivity contribution in [3.8, 4) is 5.69 Å². The number of hydrogen-bond donors (Lipinski definition) is 1. The topological polar surface area (TPSA) is 72.7 Å². The van der Waals surface area contributed by atoms with Gasteiger partial charge in [-0.3, -0.25) is 4.79 Å². The van der Waals surface area contributed by atoms with Crippen LogP contribution in [-0.4, -0.2) is 26.1 Å². The van der Waals surface area contributed by atoms with E-state index in [1.807, 2.05) is 24.3 Å². The van der Waals surface area contributed by atoms with Gasteiger partial charge in [0.05, 0.1) is 11.3 Å². The standard InChI is InChI=1S/C16H14ClN5O/c1-11-19-20-21-22(11)15-8-3-2-7-14(15)16(23)18-10-12-5-4-6-13(17)9-12/h2-9H,10H2,1H3,(H,18,23). The number of benzene rings is 2. The molecule has 0 aliphatic carbocycles. The summed E-state index contributed by atoms with van der Waals surface area (Å²) in [6.07, 6.45) is 0. The van der Waals surface area contributed by atoms with Crippen LogP contribution in [-0.2, 0) is 6.54 Å². The molecule has 0 saturated carbocycles. The van der Waals surface area contributed by atoms with E-state index in [2.05, 4.69) is 20.8 Å². The highest BCUT2D eigenvalue weighted by atomic mass is 35.5. The number of para-hydroxylation sites is 1. The molecule has 7 heteroatoms.